The molecule has 0 radical (unpaired) electrons. The third-order valence-corrected chi connectivity index (χ3v) is 3.95. The van der Waals surface area contributed by atoms with Gasteiger partial charge in [0.1, 0.15) is 11.8 Å². The van der Waals surface area contributed by atoms with E-state index in [9.17, 15) is 0 Å². The summed E-state index contributed by atoms with van der Waals surface area (Å²) in [6.45, 7) is 0.749. The SMILES string of the molecule is COc1ccc(C#N)c(NCCc2ccc(Cl)s2)c1. The number of nitrogens with one attached hydrogen (secondary N) is 1. The number of methoxy groups -OCH3 is 1. The molecule has 0 bridgehead atoms. The highest BCUT2D eigenvalue weighted by Gasteiger charge is 2.04. The van der Waals surface area contributed by atoms with Gasteiger partial charge in [0.2, 0.25) is 0 Å². The maximum atomic E-state index is 9.06. The second-order valence-electron chi connectivity index (χ2n) is 3.91. The maximum Gasteiger partial charge on any atom is 0.121 e. The van der Waals surface area contributed by atoms with E-state index in [0.717, 1.165) is 28.7 Å². The zero-order valence-corrected chi connectivity index (χ0v) is 12.0. The Balaban J connectivity index is 2.00. The van der Waals surface area contributed by atoms with Crippen molar-refractivity contribution in [2.75, 3.05) is 19.0 Å². The molecule has 5 heteroatoms. The van der Waals surface area contributed by atoms with E-state index in [0.29, 0.717) is 5.56 Å². The minimum atomic E-state index is 0.616. The van der Waals surface area contributed by atoms with Crippen molar-refractivity contribution in [3.63, 3.8) is 0 Å². The van der Waals surface area contributed by atoms with Gasteiger partial charge in [0.15, 0.2) is 0 Å². The highest BCUT2D eigenvalue weighted by Crippen LogP contribution is 2.24. The van der Waals surface area contributed by atoms with Gasteiger partial charge in [-0.2, -0.15) is 5.26 Å². The van der Waals surface area contributed by atoms with Crippen molar-refractivity contribution in [1.82, 2.24) is 0 Å². The first kappa shape index (κ1) is 13.7. The lowest BCUT2D eigenvalue weighted by atomic mass is 10.2. The molecular weight excluding hydrogens is 280 g/mol. The van der Waals surface area contributed by atoms with Gasteiger partial charge in [-0.25, -0.2) is 0 Å². The first-order valence-electron chi connectivity index (χ1n) is 5.79. The van der Waals surface area contributed by atoms with Gasteiger partial charge in [-0.3, -0.25) is 0 Å². The Morgan fingerprint density at radius 3 is 2.84 bits per heavy atom. The van der Waals surface area contributed by atoms with E-state index in [2.05, 4.69) is 11.4 Å². The Labute approximate surface area is 121 Å². The van der Waals surface area contributed by atoms with Crippen LogP contribution in [0.4, 0.5) is 5.69 Å². The van der Waals surface area contributed by atoms with Gasteiger partial charge >= 0.3 is 0 Å². The van der Waals surface area contributed by atoms with Crippen LogP contribution in [0.3, 0.4) is 0 Å². The molecule has 19 heavy (non-hydrogen) atoms. The number of nitrogens with zero attached hydrogens (tertiary/aromatic N) is 1. The average Bonchev–Trinajstić information content (AvgIpc) is 2.84. The quantitative estimate of drug-likeness (QED) is 0.908. The predicted octanol–water partition coefficient (Wildman–Crippen LogP) is 3.94. The van der Waals surface area contributed by atoms with E-state index in [1.165, 1.54) is 4.88 Å². The summed E-state index contributed by atoms with van der Waals surface area (Å²) in [5, 5.41) is 12.3. The minimum Gasteiger partial charge on any atom is -0.497 e. The number of anilines is 1. The fourth-order valence-corrected chi connectivity index (χ4v) is 2.79. The number of hydrogen-bond acceptors (Lipinski definition) is 4. The van der Waals surface area contributed by atoms with Crippen LogP contribution in [0.15, 0.2) is 30.3 Å². The minimum absolute atomic E-state index is 0.616. The predicted molar refractivity (Wildman–Crippen MR) is 79.2 cm³/mol. The molecule has 0 aliphatic heterocycles. The Bertz CT molecular complexity index is 604. The molecule has 0 unspecified atom stereocenters. The summed E-state index contributed by atoms with van der Waals surface area (Å²) in [5.41, 5.74) is 1.41. The van der Waals surface area contributed by atoms with Gasteiger partial charge in [-0.15, -0.1) is 11.3 Å². The van der Waals surface area contributed by atoms with Crippen LogP contribution in [0.2, 0.25) is 4.34 Å². The van der Waals surface area contributed by atoms with Gasteiger partial charge in [0.25, 0.3) is 0 Å². The maximum absolute atomic E-state index is 9.06. The molecular formula is C14H13ClN2OS. The van der Waals surface area contributed by atoms with Gasteiger partial charge in [0.05, 0.1) is 22.7 Å². The molecule has 1 heterocycles. The average molecular weight is 293 g/mol. The van der Waals surface area contributed by atoms with Crippen LogP contribution in [0.5, 0.6) is 5.75 Å². The molecule has 0 amide bonds. The number of nitriles is 1. The molecule has 1 aromatic carbocycles. The number of thiophene rings is 1. The third kappa shape index (κ3) is 3.63. The third-order valence-electron chi connectivity index (χ3n) is 2.66. The molecule has 0 atom stereocenters. The van der Waals surface area contributed by atoms with Crippen molar-refractivity contribution in [3.05, 3.63) is 45.1 Å². The van der Waals surface area contributed by atoms with Gasteiger partial charge in [-0.1, -0.05) is 11.6 Å². The summed E-state index contributed by atoms with van der Waals surface area (Å²) in [6.07, 6.45) is 0.874. The molecule has 0 spiro atoms. The van der Waals surface area contributed by atoms with E-state index in [1.54, 1.807) is 30.6 Å². The topological polar surface area (TPSA) is 45.0 Å². The molecule has 2 rings (SSSR count). The summed E-state index contributed by atoms with van der Waals surface area (Å²) in [4.78, 5) is 1.22. The number of benzene rings is 1. The van der Waals surface area contributed by atoms with E-state index in [1.807, 2.05) is 18.2 Å². The molecule has 1 N–H and O–H groups in total. The van der Waals surface area contributed by atoms with Gasteiger partial charge < -0.3 is 10.1 Å². The van der Waals surface area contributed by atoms with E-state index in [-0.39, 0.29) is 0 Å². The van der Waals surface area contributed by atoms with Crippen molar-refractivity contribution in [3.8, 4) is 11.8 Å². The van der Waals surface area contributed by atoms with Crippen LogP contribution in [0.1, 0.15) is 10.4 Å². The van der Waals surface area contributed by atoms with Crippen molar-refractivity contribution in [2.45, 2.75) is 6.42 Å². The van der Waals surface area contributed by atoms with Crippen LogP contribution in [-0.4, -0.2) is 13.7 Å². The number of rotatable bonds is 5. The molecule has 0 aliphatic carbocycles. The highest BCUT2D eigenvalue weighted by molar-refractivity contribution is 7.16. The Kier molecular flexibility index (Phi) is 4.67. The van der Waals surface area contributed by atoms with E-state index in [4.69, 9.17) is 21.6 Å². The lowest BCUT2D eigenvalue weighted by Crippen LogP contribution is -2.05. The summed E-state index contributed by atoms with van der Waals surface area (Å²) in [7, 11) is 1.61. The smallest absolute Gasteiger partial charge is 0.121 e. The molecule has 98 valence electrons. The van der Waals surface area contributed by atoms with Crippen LogP contribution >= 0.6 is 22.9 Å². The Morgan fingerprint density at radius 1 is 1.37 bits per heavy atom. The van der Waals surface area contributed by atoms with Crippen LogP contribution in [-0.2, 0) is 6.42 Å². The number of ether oxygens (including phenoxy) is 1. The zero-order chi connectivity index (χ0) is 13.7. The fourth-order valence-electron chi connectivity index (χ4n) is 1.70. The zero-order valence-electron chi connectivity index (χ0n) is 10.4. The monoisotopic (exact) mass is 292 g/mol. The second-order valence-corrected chi connectivity index (χ2v) is 5.71. The lowest BCUT2D eigenvalue weighted by molar-refractivity contribution is 0.415. The number of hydrogen-bond donors (Lipinski definition) is 1. The molecule has 1 aromatic heterocycles. The Morgan fingerprint density at radius 2 is 2.21 bits per heavy atom. The van der Waals surface area contributed by atoms with E-state index < -0.39 is 0 Å². The van der Waals surface area contributed by atoms with E-state index >= 15 is 0 Å². The largest absolute Gasteiger partial charge is 0.497 e. The first-order valence-corrected chi connectivity index (χ1v) is 6.98. The van der Waals surface area contributed by atoms with Gasteiger partial charge in [-0.05, 0) is 30.7 Å². The van der Waals surface area contributed by atoms with Crippen molar-refractivity contribution >= 4 is 28.6 Å². The first-order chi connectivity index (χ1) is 9.22. The normalized spacial score (nSPS) is 9.95. The number of halogens is 1. The molecule has 0 saturated carbocycles. The van der Waals surface area contributed by atoms with Crippen molar-refractivity contribution < 1.29 is 4.74 Å². The van der Waals surface area contributed by atoms with Crippen molar-refractivity contribution in [1.29, 1.82) is 5.26 Å². The van der Waals surface area contributed by atoms with Gasteiger partial charge in [0, 0.05) is 17.5 Å². The van der Waals surface area contributed by atoms with Crippen LogP contribution in [0.25, 0.3) is 0 Å². The second kappa shape index (κ2) is 6.46. The molecule has 2 aromatic rings. The molecule has 0 fully saturated rings. The summed E-state index contributed by atoms with van der Waals surface area (Å²) < 4.78 is 5.96. The molecule has 0 aliphatic rings. The lowest BCUT2D eigenvalue weighted by Gasteiger charge is -2.09. The highest BCUT2D eigenvalue weighted by atomic mass is 35.5. The summed E-state index contributed by atoms with van der Waals surface area (Å²) in [6, 6.07) is 11.4. The fraction of sp³-hybridized carbons (Fsp3) is 0.214. The van der Waals surface area contributed by atoms with Crippen LogP contribution in [0, 0.1) is 11.3 Å². The standard InChI is InChI=1S/C14H13ClN2OS/c1-18-11-3-2-10(9-16)13(8-11)17-7-6-12-4-5-14(15)19-12/h2-5,8,17H,6-7H2,1H3. The van der Waals surface area contributed by atoms with Crippen molar-refractivity contribution in [2.24, 2.45) is 0 Å². The summed E-state index contributed by atoms with van der Waals surface area (Å²) >= 11 is 7.46. The Hall–Kier alpha value is -1.70. The molecule has 3 nitrogen and oxygen atoms in total. The molecule has 0 saturated heterocycles. The summed E-state index contributed by atoms with van der Waals surface area (Å²) in [5.74, 6) is 0.737. The van der Waals surface area contributed by atoms with Crippen LogP contribution < -0.4 is 10.1 Å².